The fourth-order valence-corrected chi connectivity index (χ4v) is 10.2. The molecule has 0 heterocycles. The Morgan fingerprint density at radius 3 is 2.29 bits per heavy atom. The molecule has 0 N–H and O–H groups in total. The molecule has 0 amide bonds. The van der Waals surface area contributed by atoms with Gasteiger partial charge in [-0.15, -0.1) is 0 Å². The smallest absolute Gasteiger partial charge is 0.0113 e. The second-order valence-corrected chi connectivity index (χ2v) is 14.3. The van der Waals surface area contributed by atoms with Crippen molar-refractivity contribution in [2.45, 2.75) is 116 Å². The van der Waals surface area contributed by atoms with Gasteiger partial charge < -0.3 is 0 Å². The summed E-state index contributed by atoms with van der Waals surface area (Å²) in [6, 6.07) is 0. The summed E-state index contributed by atoms with van der Waals surface area (Å²) in [5.41, 5.74) is 1.36. The zero-order valence-electron chi connectivity index (χ0n) is 19.5. The highest BCUT2D eigenvalue weighted by atomic mass is 127. The molecule has 28 heavy (non-hydrogen) atoms. The fourth-order valence-electron chi connectivity index (χ4n) is 9.23. The van der Waals surface area contributed by atoms with Gasteiger partial charge in [-0.3, -0.25) is 0 Å². The molecule has 4 aliphatic rings. The van der Waals surface area contributed by atoms with Gasteiger partial charge in [0.2, 0.25) is 0 Å². The third-order valence-electron chi connectivity index (χ3n) is 10.8. The molecule has 4 fully saturated rings. The summed E-state index contributed by atoms with van der Waals surface area (Å²) in [6.07, 6.45) is 18.3. The lowest BCUT2D eigenvalue weighted by molar-refractivity contribution is -0.113. The highest BCUT2D eigenvalue weighted by molar-refractivity contribution is 14.1. The molecule has 0 aromatic carbocycles. The normalized spacial score (nSPS) is 49.4. The van der Waals surface area contributed by atoms with E-state index in [0.717, 1.165) is 45.3 Å². The van der Waals surface area contributed by atoms with Gasteiger partial charge in [-0.1, -0.05) is 76.5 Å². The minimum atomic E-state index is 0.669. The summed E-state index contributed by atoms with van der Waals surface area (Å²) < 4.78 is 0.962. The Bertz CT molecular complexity index is 540. The zero-order chi connectivity index (χ0) is 20.1. The van der Waals surface area contributed by atoms with Gasteiger partial charge >= 0.3 is 0 Å². The first-order valence-corrected chi connectivity index (χ1v) is 14.1. The fraction of sp³-hybridized carbons (Fsp3) is 1.00. The molecule has 4 saturated carbocycles. The molecule has 0 bridgehead atoms. The van der Waals surface area contributed by atoms with E-state index in [2.05, 4.69) is 57.2 Å². The van der Waals surface area contributed by atoms with Crippen LogP contribution in [0.4, 0.5) is 0 Å². The summed E-state index contributed by atoms with van der Waals surface area (Å²) in [7, 11) is 0. The lowest BCUT2D eigenvalue weighted by Gasteiger charge is -2.61. The van der Waals surface area contributed by atoms with Crippen LogP contribution in [-0.2, 0) is 0 Å². The number of hydrogen-bond acceptors (Lipinski definition) is 0. The molecular formula is C27H47I. The van der Waals surface area contributed by atoms with Crippen LogP contribution in [0.1, 0.15) is 112 Å². The van der Waals surface area contributed by atoms with Crippen molar-refractivity contribution >= 4 is 22.6 Å². The predicted molar refractivity (Wildman–Crippen MR) is 131 cm³/mol. The molecule has 6 unspecified atom stereocenters. The van der Waals surface area contributed by atoms with E-state index in [0.29, 0.717) is 10.8 Å². The maximum atomic E-state index is 2.75. The van der Waals surface area contributed by atoms with Crippen LogP contribution in [0.2, 0.25) is 0 Å². The van der Waals surface area contributed by atoms with Crippen LogP contribution in [0.5, 0.6) is 0 Å². The quantitative estimate of drug-likeness (QED) is 0.262. The second-order valence-electron chi connectivity index (χ2n) is 12.6. The zero-order valence-corrected chi connectivity index (χ0v) is 21.6. The number of rotatable bonds is 5. The van der Waals surface area contributed by atoms with E-state index < -0.39 is 0 Å². The Balaban J connectivity index is 1.46. The van der Waals surface area contributed by atoms with Gasteiger partial charge in [0, 0.05) is 3.92 Å². The topological polar surface area (TPSA) is 0 Å². The minimum absolute atomic E-state index is 0.669. The minimum Gasteiger partial charge on any atom is -0.0826 e. The van der Waals surface area contributed by atoms with Crippen LogP contribution < -0.4 is 0 Å². The second kappa shape index (κ2) is 8.34. The van der Waals surface area contributed by atoms with E-state index in [1.54, 1.807) is 38.5 Å². The van der Waals surface area contributed by atoms with Crippen molar-refractivity contribution in [1.82, 2.24) is 0 Å². The third-order valence-corrected chi connectivity index (χ3v) is 11.9. The first-order chi connectivity index (χ1) is 13.3. The molecule has 0 saturated heterocycles. The molecule has 4 aliphatic carbocycles. The van der Waals surface area contributed by atoms with Crippen molar-refractivity contribution in [3.8, 4) is 0 Å². The lowest BCUT2D eigenvalue weighted by Crippen LogP contribution is -2.53. The molecule has 9 atom stereocenters. The van der Waals surface area contributed by atoms with Gasteiger partial charge in [-0.2, -0.15) is 0 Å². The molecule has 0 aromatic heterocycles. The van der Waals surface area contributed by atoms with Gasteiger partial charge in [-0.25, -0.2) is 0 Å². The Kier molecular flexibility index (Phi) is 6.54. The van der Waals surface area contributed by atoms with Crippen LogP contribution in [0.3, 0.4) is 0 Å². The largest absolute Gasteiger partial charge is 0.0826 e. The Hall–Kier alpha value is 0.730. The number of hydrogen-bond donors (Lipinski definition) is 0. The Morgan fingerprint density at radius 2 is 1.54 bits per heavy atom. The van der Waals surface area contributed by atoms with Gasteiger partial charge in [0.05, 0.1) is 0 Å². The van der Waals surface area contributed by atoms with Crippen LogP contribution in [-0.4, -0.2) is 3.92 Å². The average Bonchev–Trinajstić information content (AvgIpc) is 2.99. The predicted octanol–water partition coefficient (Wildman–Crippen LogP) is 8.91. The van der Waals surface area contributed by atoms with Crippen molar-refractivity contribution in [2.75, 3.05) is 0 Å². The summed E-state index contributed by atoms with van der Waals surface area (Å²) >= 11 is 2.75. The van der Waals surface area contributed by atoms with Gasteiger partial charge in [0.25, 0.3) is 0 Å². The SMILES string of the molecule is CC(C)CCCC(C)C1CCC2C3CCC4C[C@H](I)CC[C@]4(C)C3CC[C@]12C. The Labute approximate surface area is 189 Å². The van der Waals surface area contributed by atoms with Crippen LogP contribution in [0.25, 0.3) is 0 Å². The first kappa shape index (κ1) is 21.9. The maximum Gasteiger partial charge on any atom is 0.0113 e. The van der Waals surface area contributed by atoms with Gasteiger partial charge in [0.1, 0.15) is 0 Å². The first-order valence-electron chi connectivity index (χ1n) is 12.9. The summed E-state index contributed by atoms with van der Waals surface area (Å²) in [5, 5.41) is 0. The summed E-state index contributed by atoms with van der Waals surface area (Å²) in [4.78, 5) is 0. The van der Waals surface area contributed by atoms with Crippen molar-refractivity contribution in [3.63, 3.8) is 0 Å². The molecular weight excluding hydrogens is 451 g/mol. The van der Waals surface area contributed by atoms with E-state index in [1.807, 2.05) is 0 Å². The van der Waals surface area contributed by atoms with E-state index in [9.17, 15) is 0 Å². The summed E-state index contributed by atoms with van der Waals surface area (Å²) in [5.74, 6) is 7.07. The van der Waals surface area contributed by atoms with Crippen molar-refractivity contribution in [1.29, 1.82) is 0 Å². The third kappa shape index (κ3) is 3.75. The molecule has 0 radical (unpaired) electrons. The average molecular weight is 499 g/mol. The van der Waals surface area contributed by atoms with Crippen molar-refractivity contribution in [3.05, 3.63) is 0 Å². The van der Waals surface area contributed by atoms with Crippen LogP contribution in [0.15, 0.2) is 0 Å². The van der Waals surface area contributed by atoms with Crippen LogP contribution in [0, 0.1) is 52.3 Å². The standard InChI is InChI=1S/C27H47I/c1-18(2)7-6-8-19(3)23-11-12-24-22-10-9-20-17-21(28)13-15-26(20,4)25(22)14-16-27(23,24)5/h18-25H,6-17H2,1-5H3/t19?,20?,21-,22?,23?,24?,25?,26+,27-/m1/s1. The van der Waals surface area contributed by atoms with Crippen LogP contribution >= 0.6 is 22.6 Å². The molecule has 0 spiro atoms. The molecule has 4 rings (SSSR count). The van der Waals surface area contributed by atoms with Crippen molar-refractivity contribution in [2.24, 2.45) is 52.3 Å². The number of halogens is 1. The number of alkyl halides is 1. The molecule has 0 aliphatic heterocycles. The molecule has 0 nitrogen and oxygen atoms in total. The molecule has 1 heteroatoms. The Morgan fingerprint density at radius 1 is 0.821 bits per heavy atom. The maximum absolute atomic E-state index is 2.75. The lowest BCUT2D eigenvalue weighted by atomic mass is 9.44. The van der Waals surface area contributed by atoms with E-state index in [4.69, 9.17) is 0 Å². The molecule has 162 valence electrons. The van der Waals surface area contributed by atoms with E-state index in [1.165, 1.54) is 38.5 Å². The van der Waals surface area contributed by atoms with Crippen molar-refractivity contribution < 1.29 is 0 Å². The van der Waals surface area contributed by atoms with E-state index >= 15 is 0 Å². The number of fused-ring (bicyclic) bond motifs is 5. The highest BCUT2D eigenvalue weighted by Gasteiger charge is 2.60. The molecule has 0 aromatic rings. The monoisotopic (exact) mass is 498 g/mol. The van der Waals surface area contributed by atoms with Gasteiger partial charge in [0.15, 0.2) is 0 Å². The van der Waals surface area contributed by atoms with E-state index in [-0.39, 0.29) is 0 Å². The van der Waals surface area contributed by atoms with Gasteiger partial charge in [-0.05, 0) is 110 Å². The highest BCUT2D eigenvalue weighted by Crippen LogP contribution is 2.68. The summed E-state index contributed by atoms with van der Waals surface area (Å²) in [6.45, 7) is 12.9.